The van der Waals surface area contributed by atoms with Gasteiger partial charge in [0.2, 0.25) is 35.4 Å². The van der Waals surface area contributed by atoms with Crippen molar-refractivity contribution in [3.8, 4) is 0 Å². The van der Waals surface area contributed by atoms with Crippen LogP contribution in [-0.2, 0) is 33.6 Å². The molecule has 0 aliphatic carbocycles. The minimum atomic E-state index is -1.63. The maximum absolute atomic E-state index is 13.2. The molecule has 0 aromatic rings. The van der Waals surface area contributed by atoms with Crippen molar-refractivity contribution in [2.45, 2.75) is 93.7 Å². The van der Waals surface area contributed by atoms with Gasteiger partial charge in [0.25, 0.3) is 0 Å². The van der Waals surface area contributed by atoms with Crippen LogP contribution in [0.4, 0.5) is 0 Å². The molecule has 7 atom stereocenters. The van der Waals surface area contributed by atoms with E-state index < -0.39 is 96.9 Å². The average Bonchev–Trinajstić information content (AvgIpc) is 3.13. The van der Waals surface area contributed by atoms with Gasteiger partial charge in [-0.15, -0.1) is 0 Å². The fourth-order valence-corrected chi connectivity index (χ4v) is 5.09. The third kappa shape index (κ3) is 19.9. The number of aliphatic carboxylic acids is 1. The lowest BCUT2D eigenvalue weighted by atomic mass is 10.1. The minimum absolute atomic E-state index is 0.0332. The van der Waals surface area contributed by atoms with Crippen molar-refractivity contribution in [2.24, 2.45) is 33.7 Å². The average molecular weight is 811 g/mol. The summed E-state index contributed by atoms with van der Waals surface area (Å²) in [6.07, 6.45) is 2.55. The lowest BCUT2D eigenvalue weighted by Gasteiger charge is -2.26. The molecule has 0 aliphatic heterocycles. The fraction of sp³-hybridized carbons (Fsp3) is 0.733. The Balaban J connectivity index is 5.58. The van der Waals surface area contributed by atoms with E-state index in [1.165, 1.54) is 0 Å². The van der Waals surface area contributed by atoms with Crippen molar-refractivity contribution in [1.29, 1.82) is 0 Å². The number of guanidine groups is 1. The molecule has 310 valence electrons. The topological polar surface area (TPSA) is 395 Å². The van der Waals surface area contributed by atoms with E-state index in [1.807, 2.05) is 0 Å². The molecule has 6 amide bonds. The predicted molar refractivity (Wildman–Crippen MR) is 205 cm³/mol. The van der Waals surface area contributed by atoms with Crippen LogP contribution in [-0.4, -0.2) is 149 Å². The van der Waals surface area contributed by atoms with Crippen molar-refractivity contribution >= 4 is 72.6 Å². The van der Waals surface area contributed by atoms with E-state index in [-0.39, 0.29) is 56.2 Å². The van der Waals surface area contributed by atoms with Crippen LogP contribution in [0.25, 0.3) is 0 Å². The number of carboxylic acid groups (broad SMARTS) is 1. The van der Waals surface area contributed by atoms with Gasteiger partial charge in [-0.2, -0.15) is 25.3 Å². The summed E-state index contributed by atoms with van der Waals surface area (Å²) in [4.78, 5) is 93.2. The summed E-state index contributed by atoms with van der Waals surface area (Å²) in [7, 11) is 0. The Labute approximate surface area is 324 Å². The number of hydrogen-bond donors (Lipinski definition) is 16. The zero-order valence-corrected chi connectivity index (χ0v) is 31.9. The van der Waals surface area contributed by atoms with Crippen LogP contribution < -0.4 is 60.6 Å². The van der Waals surface area contributed by atoms with Gasteiger partial charge in [0.05, 0.1) is 19.3 Å². The van der Waals surface area contributed by atoms with Gasteiger partial charge in [-0.05, 0) is 58.0 Å². The van der Waals surface area contributed by atoms with Gasteiger partial charge < -0.3 is 75.9 Å². The normalized spacial score (nSPS) is 14.8. The van der Waals surface area contributed by atoms with Crippen molar-refractivity contribution < 1.29 is 48.9 Å². The summed E-state index contributed by atoms with van der Waals surface area (Å²) in [6, 6.07) is -9.48. The molecule has 0 spiro atoms. The first-order valence-electron chi connectivity index (χ1n) is 17.3. The monoisotopic (exact) mass is 810 g/mol. The minimum Gasteiger partial charge on any atom is -0.480 e. The second-order valence-corrected chi connectivity index (χ2v) is 12.8. The van der Waals surface area contributed by atoms with Gasteiger partial charge in [-0.1, -0.05) is 6.42 Å². The Kier molecular flexibility index (Phi) is 26.4. The van der Waals surface area contributed by atoms with E-state index in [4.69, 9.17) is 28.7 Å². The number of nitrogens with one attached hydrogen (secondary N) is 6. The highest BCUT2D eigenvalue weighted by Crippen LogP contribution is 2.06. The number of carboxylic acids is 1. The van der Waals surface area contributed by atoms with E-state index in [2.05, 4.69) is 62.2 Å². The van der Waals surface area contributed by atoms with Crippen molar-refractivity contribution in [3.63, 3.8) is 0 Å². The summed E-state index contributed by atoms with van der Waals surface area (Å²) < 4.78 is 0. The number of thiol groups is 2. The van der Waals surface area contributed by atoms with Gasteiger partial charge in [0, 0.05) is 18.1 Å². The summed E-state index contributed by atoms with van der Waals surface area (Å²) in [6.45, 7) is -0.958. The fourth-order valence-electron chi connectivity index (χ4n) is 4.58. The number of amides is 6. The van der Waals surface area contributed by atoms with Crippen molar-refractivity contribution in [2.75, 3.05) is 44.4 Å². The maximum Gasteiger partial charge on any atom is 0.326 e. The van der Waals surface area contributed by atoms with Crippen LogP contribution in [0, 0.1) is 0 Å². The van der Waals surface area contributed by atoms with E-state index in [1.54, 1.807) is 0 Å². The largest absolute Gasteiger partial charge is 0.480 e. The first kappa shape index (κ1) is 50.1. The molecular weight excluding hydrogens is 753 g/mol. The van der Waals surface area contributed by atoms with Gasteiger partial charge in [0.15, 0.2) is 5.96 Å². The van der Waals surface area contributed by atoms with Crippen LogP contribution >= 0.6 is 25.3 Å². The molecule has 0 heterocycles. The molecule has 24 heteroatoms. The Morgan fingerprint density at radius 1 is 0.537 bits per heavy atom. The first-order valence-corrected chi connectivity index (χ1v) is 18.6. The highest BCUT2D eigenvalue weighted by atomic mass is 32.1. The molecule has 0 fully saturated rings. The SMILES string of the molecule is NCCCC[C@H](NC(=O)[C@H](CO)NC(=O)[C@H](CS)NC(=O)[C@H](CS)NC(=O)[C@H](CO)NC(=O)[C@@H](N)CCCCN)C(=O)N[C@@H](CCCN=C(N)N)C(=O)O. The summed E-state index contributed by atoms with van der Waals surface area (Å²) >= 11 is 8.15. The third-order valence-electron chi connectivity index (χ3n) is 7.71. The molecule has 0 bridgehead atoms. The number of aliphatic hydroxyl groups is 2. The number of hydrogen-bond acceptors (Lipinski definition) is 15. The number of nitrogens with zero attached hydrogens (tertiary/aromatic N) is 1. The van der Waals surface area contributed by atoms with Gasteiger partial charge >= 0.3 is 5.97 Å². The standard InChI is InChI=1S/C30H58N12O10S2/c31-9-3-1-6-16(33)23(45)39-19(12-43)26(48)41-22(15-54)28(50)42-21(14-53)27(49)40-20(13-44)25(47)37-17(7-2-4-10-32)24(46)38-18(29(51)52)8-5-11-36-30(34)35/h16-22,43-44,53-54H,1-15,31-33H2,(H,37,47)(H,38,46)(H,39,45)(H,40,49)(H,41,48)(H,42,50)(H,51,52)(H4,34,35,36)/t16-,17-,18-,19-,20-,21-,22-/m0/s1. The molecule has 0 saturated carbocycles. The van der Waals surface area contributed by atoms with E-state index in [0.29, 0.717) is 32.2 Å². The molecule has 0 radical (unpaired) electrons. The maximum atomic E-state index is 13.2. The van der Waals surface area contributed by atoms with Crippen LogP contribution in [0.15, 0.2) is 4.99 Å². The lowest BCUT2D eigenvalue weighted by Crippen LogP contribution is -2.61. The number of carbonyl (C=O) groups excluding carboxylic acids is 6. The summed E-state index contributed by atoms with van der Waals surface area (Å²) in [5, 5.41) is 43.3. The van der Waals surface area contributed by atoms with E-state index >= 15 is 0 Å². The number of carbonyl (C=O) groups is 7. The third-order valence-corrected chi connectivity index (χ3v) is 8.44. The quantitative estimate of drug-likeness (QED) is 0.0145. The first-order chi connectivity index (χ1) is 25.6. The second-order valence-electron chi connectivity index (χ2n) is 12.1. The Morgan fingerprint density at radius 3 is 1.33 bits per heavy atom. The number of aliphatic imine (C=N–C) groups is 1. The molecule has 0 aliphatic rings. The molecule has 0 unspecified atom stereocenters. The Morgan fingerprint density at radius 2 is 0.907 bits per heavy atom. The highest BCUT2D eigenvalue weighted by molar-refractivity contribution is 7.80. The Hall–Kier alpha value is -3.94. The molecular formula is C30H58N12O10S2. The number of unbranched alkanes of at least 4 members (excludes halogenated alkanes) is 2. The lowest BCUT2D eigenvalue weighted by molar-refractivity contribution is -0.142. The molecule has 0 rings (SSSR count). The summed E-state index contributed by atoms with van der Waals surface area (Å²) in [5.74, 6) is -7.49. The molecule has 0 saturated heterocycles. The summed E-state index contributed by atoms with van der Waals surface area (Å²) in [5.41, 5.74) is 27.4. The number of nitrogens with two attached hydrogens (primary N) is 5. The Bertz CT molecular complexity index is 1250. The number of aliphatic hydroxyl groups excluding tert-OH is 2. The van der Waals surface area contributed by atoms with Gasteiger partial charge in [-0.25, -0.2) is 4.79 Å². The number of rotatable bonds is 29. The zero-order chi connectivity index (χ0) is 41.2. The molecule has 0 aromatic heterocycles. The highest BCUT2D eigenvalue weighted by Gasteiger charge is 2.32. The zero-order valence-electron chi connectivity index (χ0n) is 30.1. The van der Waals surface area contributed by atoms with E-state index in [9.17, 15) is 48.9 Å². The van der Waals surface area contributed by atoms with Gasteiger partial charge in [-0.3, -0.25) is 33.8 Å². The second kappa shape index (κ2) is 28.5. The molecule has 19 N–H and O–H groups in total. The molecule has 0 aromatic carbocycles. The molecule has 22 nitrogen and oxygen atoms in total. The van der Waals surface area contributed by atoms with Crippen molar-refractivity contribution in [3.05, 3.63) is 0 Å². The van der Waals surface area contributed by atoms with E-state index in [0.717, 1.165) is 0 Å². The van der Waals surface area contributed by atoms with Crippen LogP contribution in [0.1, 0.15) is 51.4 Å². The van der Waals surface area contributed by atoms with Crippen LogP contribution in [0.5, 0.6) is 0 Å². The van der Waals surface area contributed by atoms with Crippen molar-refractivity contribution in [1.82, 2.24) is 31.9 Å². The van der Waals surface area contributed by atoms with Gasteiger partial charge in [0.1, 0.15) is 36.3 Å². The smallest absolute Gasteiger partial charge is 0.326 e. The molecule has 54 heavy (non-hydrogen) atoms. The van der Waals surface area contributed by atoms with Crippen LogP contribution in [0.3, 0.4) is 0 Å². The predicted octanol–water partition coefficient (Wildman–Crippen LogP) is -6.54. The van der Waals surface area contributed by atoms with Crippen LogP contribution in [0.2, 0.25) is 0 Å².